The zero-order chi connectivity index (χ0) is 20.1. The van der Waals surface area contributed by atoms with Crippen LogP contribution in [0.1, 0.15) is 0 Å². The molecule has 0 unspecified atom stereocenters. The highest BCUT2D eigenvalue weighted by Crippen LogP contribution is 2.43. The first kappa shape index (κ1) is 17.4. The molecule has 2 heterocycles. The summed E-state index contributed by atoms with van der Waals surface area (Å²) >= 11 is 3.81. The van der Waals surface area contributed by atoms with Gasteiger partial charge in [0.1, 0.15) is 5.65 Å². The zero-order valence-corrected chi connectivity index (χ0v) is 17.7. The molecule has 6 aromatic rings. The van der Waals surface area contributed by atoms with E-state index < -0.39 is 0 Å². The molecule has 142 valence electrons. The summed E-state index contributed by atoms with van der Waals surface area (Å²) in [4.78, 5) is 5.06. The van der Waals surface area contributed by atoms with Crippen LogP contribution in [0.2, 0.25) is 0 Å². The number of fused-ring (bicyclic) bond motifs is 5. The van der Waals surface area contributed by atoms with Crippen molar-refractivity contribution in [2.75, 3.05) is 0 Å². The molecule has 0 fully saturated rings. The Bertz CT molecular complexity index is 1530. The van der Waals surface area contributed by atoms with Crippen LogP contribution in [0.15, 0.2) is 108 Å². The molecule has 0 saturated carbocycles. The normalized spacial score (nSPS) is 11.5. The monoisotopic (exact) mass is 448 g/mol. The first-order chi connectivity index (χ1) is 14.8. The van der Waals surface area contributed by atoms with E-state index in [0.29, 0.717) is 0 Å². The topological polar surface area (TPSA) is 17.3 Å². The average molecular weight is 449 g/mol. The molecule has 4 aromatic carbocycles. The van der Waals surface area contributed by atoms with Gasteiger partial charge in [-0.05, 0) is 34.7 Å². The lowest BCUT2D eigenvalue weighted by molar-refractivity contribution is 1.25. The number of halogens is 1. The Kier molecular flexibility index (Phi) is 3.96. The van der Waals surface area contributed by atoms with Crippen molar-refractivity contribution in [1.29, 1.82) is 0 Å². The van der Waals surface area contributed by atoms with E-state index in [4.69, 9.17) is 4.98 Å². The highest BCUT2D eigenvalue weighted by Gasteiger charge is 2.21. The standard InChI is InChI=1S/C27H17BrN2/c28-21-15-9-14-20-24(18-10-3-1-4-11-18)26(19-12-5-2-6-13-19)30-23-17-8-7-16-22(23)29-27(30)25(20)21/h1-17H. The van der Waals surface area contributed by atoms with Gasteiger partial charge in [0.05, 0.1) is 16.7 Å². The Balaban J connectivity index is 1.97. The summed E-state index contributed by atoms with van der Waals surface area (Å²) in [6.07, 6.45) is 0. The van der Waals surface area contributed by atoms with E-state index in [2.05, 4.69) is 117 Å². The molecule has 0 radical (unpaired) electrons. The maximum absolute atomic E-state index is 5.06. The molecule has 3 heteroatoms. The van der Waals surface area contributed by atoms with Crippen LogP contribution in [0.5, 0.6) is 0 Å². The predicted octanol–water partition coefficient (Wildman–Crippen LogP) is 7.74. The zero-order valence-electron chi connectivity index (χ0n) is 16.1. The van der Waals surface area contributed by atoms with E-state index in [0.717, 1.165) is 32.2 Å². The quantitative estimate of drug-likeness (QED) is 0.264. The third kappa shape index (κ3) is 2.52. The molecular formula is C27H17BrN2. The van der Waals surface area contributed by atoms with Crippen LogP contribution in [-0.2, 0) is 0 Å². The molecule has 2 aromatic heterocycles. The van der Waals surface area contributed by atoms with E-state index in [-0.39, 0.29) is 0 Å². The molecule has 0 N–H and O–H groups in total. The smallest absolute Gasteiger partial charge is 0.147 e. The number of rotatable bonds is 2. The summed E-state index contributed by atoms with van der Waals surface area (Å²) in [6.45, 7) is 0. The van der Waals surface area contributed by atoms with Crippen molar-refractivity contribution in [2.45, 2.75) is 0 Å². The fourth-order valence-corrected chi connectivity index (χ4v) is 4.93. The van der Waals surface area contributed by atoms with E-state index >= 15 is 0 Å². The molecule has 0 spiro atoms. The minimum Gasteiger partial charge on any atom is -0.291 e. The number of benzene rings is 4. The highest BCUT2D eigenvalue weighted by molar-refractivity contribution is 9.10. The van der Waals surface area contributed by atoms with Gasteiger partial charge in [0.15, 0.2) is 0 Å². The number of hydrogen-bond donors (Lipinski definition) is 0. The summed E-state index contributed by atoms with van der Waals surface area (Å²) in [5, 5.41) is 2.32. The maximum atomic E-state index is 5.06. The van der Waals surface area contributed by atoms with Gasteiger partial charge in [-0.25, -0.2) is 4.98 Å². The number of hydrogen-bond acceptors (Lipinski definition) is 1. The number of para-hydroxylation sites is 2. The van der Waals surface area contributed by atoms with E-state index in [1.807, 2.05) is 6.07 Å². The van der Waals surface area contributed by atoms with Crippen LogP contribution < -0.4 is 0 Å². The van der Waals surface area contributed by atoms with Crippen molar-refractivity contribution < 1.29 is 0 Å². The summed E-state index contributed by atoms with van der Waals surface area (Å²) in [5.41, 5.74) is 7.82. The fraction of sp³-hybridized carbons (Fsp3) is 0. The molecule has 0 amide bonds. The minimum atomic E-state index is 0.970. The van der Waals surface area contributed by atoms with Crippen LogP contribution >= 0.6 is 15.9 Å². The van der Waals surface area contributed by atoms with Crippen LogP contribution in [0, 0.1) is 0 Å². The van der Waals surface area contributed by atoms with Gasteiger partial charge in [-0.15, -0.1) is 0 Å². The second kappa shape index (κ2) is 6.82. The lowest BCUT2D eigenvalue weighted by atomic mass is 9.93. The summed E-state index contributed by atoms with van der Waals surface area (Å²) in [6, 6.07) is 36.0. The lowest BCUT2D eigenvalue weighted by Crippen LogP contribution is -1.99. The molecule has 0 atom stereocenters. The van der Waals surface area contributed by atoms with Gasteiger partial charge in [-0.3, -0.25) is 4.40 Å². The molecule has 6 rings (SSSR count). The van der Waals surface area contributed by atoms with E-state index in [9.17, 15) is 0 Å². The van der Waals surface area contributed by atoms with Gasteiger partial charge in [-0.1, -0.05) is 101 Å². The van der Waals surface area contributed by atoms with Gasteiger partial charge in [0.25, 0.3) is 0 Å². The summed E-state index contributed by atoms with van der Waals surface area (Å²) < 4.78 is 3.37. The van der Waals surface area contributed by atoms with Crippen molar-refractivity contribution in [3.8, 4) is 22.4 Å². The molecule has 0 aliphatic rings. The Morgan fingerprint density at radius 1 is 0.633 bits per heavy atom. The van der Waals surface area contributed by atoms with Crippen LogP contribution in [0.3, 0.4) is 0 Å². The van der Waals surface area contributed by atoms with Crippen molar-refractivity contribution in [3.05, 3.63) is 108 Å². The lowest BCUT2D eigenvalue weighted by Gasteiger charge is -2.18. The van der Waals surface area contributed by atoms with E-state index in [1.165, 1.54) is 22.1 Å². The van der Waals surface area contributed by atoms with Crippen LogP contribution in [0.25, 0.3) is 49.8 Å². The van der Waals surface area contributed by atoms with Gasteiger partial charge >= 0.3 is 0 Å². The Hall–Kier alpha value is -3.43. The molecular weight excluding hydrogens is 432 g/mol. The molecule has 0 bridgehead atoms. The first-order valence-electron chi connectivity index (χ1n) is 9.95. The van der Waals surface area contributed by atoms with Gasteiger partial charge < -0.3 is 0 Å². The highest BCUT2D eigenvalue weighted by atomic mass is 79.9. The summed E-state index contributed by atoms with van der Waals surface area (Å²) in [5.74, 6) is 0. The maximum Gasteiger partial charge on any atom is 0.147 e. The van der Waals surface area contributed by atoms with Gasteiger partial charge in [-0.2, -0.15) is 0 Å². The Morgan fingerprint density at radius 2 is 1.30 bits per heavy atom. The van der Waals surface area contributed by atoms with Crippen molar-refractivity contribution in [1.82, 2.24) is 9.38 Å². The predicted molar refractivity (Wildman–Crippen MR) is 129 cm³/mol. The van der Waals surface area contributed by atoms with Crippen molar-refractivity contribution in [3.63, 3.8) is 0 Å². The number of nitrogens with zero attached hydrogens (tertiary/aromatic N) is 2. The second-order valence-electron chi connectivity index (χ2n) is 7.38. The number of pyridine rings is 1. The Morgan fingerprint density at radius 3 is 2.07 bits per heavy atom. The molecule has 2 nitrogen and oxygen atoms in total. The molecule has 30 heavy (non-hydrogen) atoms. The SMILES string of the molecule is Brc1cccc2c(-c3ccccc3)c(-c3ccccc3)n3c4ccccc4nc3c12. The van der Waals surface area contributed by atoms with Crippen LogP contribution in [-0.4, -0.2) is 9.38 Å². The summed E-state index contributed by atoms with van der Waals surface area (Å²) in [7, 11) is 0. The largest absolute Gasteiger partial charge is 0.291 e. The van der Waals surface area contributed by atoms with Crippen molar-refractivity contribution in [2.24, 2.45) is 0 Å². The number of imidazole rings is 1. The third-order valence-electron chi connectivity index (χ3n) is 5.64. The van der Waals surface area contributed by atoms with E-state index in [1.54, 1.807) is 0 Å². The molecule has 0 aliphatic heterocycles. The first-order valence-corrected chi connectivity index (χ1v) is 10.7. The average Bonchev–Trinajstić information content (AvgIpc) is 3.18. The molecule has 0 saturated heterocycles. The van der Waals surface area contributed by atoms with Gasteiger partial charge in [0.2, 0.25) is 0 Å². The second-order valence-corrected chi connectivity index (χ2v) is 8.23. The van der Waals surface area contributed by atoms with Crippen molar-refractivity contribution >= 4 is 43.4 Å². The van der Waals surface area contributed by atoms with Crippen LogP contribution in [0.4, 0.5) is 0 Å². The molecule has 0 aliphatic carbocycles. The third-order valence-corrected chi connectivity index (χ3v) is 6.30. The minimum absolute atomic E-state index is 0.970. The Labute approximate surface area is 182 Å². The van der Waals surface area contributed by atoms with Gasteiger partial charge in [0, 0.05) is 15.4 Å². The fourth-order valence-electron chi connectivity index (χ4n) is 4.39. The number of aromatic nitrogens is 2.